The van der Waals surface area contributed by atoms with E-state index in [0.717, 1.165) is 5.69 Å². The molecule has 25 heavy (non-hydrogen) atoms. The summed E-state index contributed by atoms with van der Waals surface area (Å²) in [4.78, 5) is 20.9. The lowest BCUT2D eigenvalue weighted by Crippen LogP contribution is -2.27. The van der Waals surface area contributed by atoms with Gasteiger partial charge in [0, 0.05) is 24.0 Å². The summed E-state index contributed by atoms with van der Waals surface area (Å²) in [6.45, 7) is 5.36. The molecule has 0 aliphatic rings. The number of carbonyl (C=O) groups is 1. The van der Waals surface area contributed by atoms with Crippen molar-refractivity contribution in [1.29, 1.82) is 0 Å². The van der Waals surface area contributed by atoms with E-state index in [9.17, 15) is 4.79 Å². The Morgan fingerprint density at radius 3 is 2.80 bits per heavy atom. The summed E-state index contributed by atoms with van der Waals surface area (Å²) in [6.07, 6.45) is 1.59. The number of aryl methyl sites for hydroxylation is 2. The van der Waals surface area contributed by atoms with Gasteiger partial charge >= 0.3 is 0 Å². The van der Waals surface area contributed by atoms with E-state index >= 15 is 0 Å². The van der Waals surface area contributed by atoms with Crippen LogP contribution in [0.3, 0.4) is 0 Å². The van der Waals surface area contributed by atoms with Gasteiger partial charge in [0.25, 0.3) is 0 Å². The highest BCUT2D eigenvalue weighted by molar-refractivity contribution is 9.10. The number of halogens is 1. The van der Waals surface area contributed by atoms with Crippen molar-refractivity contribution in [2.75, 3.05) is 10.6 Å². The maximum absolute atomic E-state index is 12.3. The van der Waals surface area contributed by atoms with Crippen LogP contribution in [0.5, 0.6) is 0 Å². The van der Waals surface area contributed by atoms with Crippen molar-refractivity contribution in [2.24, 2.45) is 0 Å². The van der Waals surface area contributed by atoms with Crippen molar-refractivity contribution in [2.45, 2.75) is 26.8 Å². The molecule has 0 fully saturated rings. The third-order valence-electron chi connectivity index (χ3n) is 3.31. The highest BCUT2D eigenvalue weighted by Crippen LogP contribution is 2.24. The molecule has 130 valence electrons. The average molecular weight is 406 g/mol. The molecule has 0 amide bonds. The molecule has 0 spiro atoms. The summed E-state index contributed by atoms with van der Waals surface area (Å²) >= 11 is 3.39. The van der Waals surface area contributed by atoms with E-state index in [1.165, 1.54) is 0 Å². The van der Waals surface area contributed by atoms with Gasteiger partial charge in [-0.3, -0.25) is 9.89 Å². The fourth-order valence-electron chi connectivity index (χ4n) is 2.08. The average Bonchev–Trinajstić information content (AvgIpc) is 3.18. The summed E-state index contributed by atoms with van der Waals surface area (Å²) in [7, 11) is 0. The first-order valence-corrected chi connectivity index (χ1v) is 8.27. The minimum atomic E-state index is -0.575. The molecule has 0 saturated heterocycles. The third kappa shape index (κ3) is 4.02. The second kappa shape index (κ2) is 7.01. The lowest BCUT2D eigenvalue weighted by atomic mass is 10.1. The highest BCUT2D eigenvalue weighted by Gasteiger charge is 2.20. The van der Waals surface area contributed by atoms with E-state index in [4.69, 9.17) is 4.52 Å². The molecule has 3 aromatic heterocycles. The smallest absolute Gasteiger partial charge is 0.225 e. The minimum absolute atomic E-state index is 0.194. The van der Waals surface area contributed by atoms with Crippen LogP contribution in [0.15, 0.2) is 27.3 Å². The summed E-state index contributed by atoms with van der Waals surface area (Å²) in [5.74, 6) is 1.42. The summed E-state index contributed by atoms with van der Waals surface area (Å²) < 4.78 is 5.67. The van der Waals surface area contributed by atoms with Crippen molar-refractivity contribution < 1.29 is 9.32 Å². The number of nitrogens with one attached hydrogen (secondary N) is 3. The van der Waals surface area contributed by atoms with Gasteiger partial charge in [0.1, 0.15) is 0 Å². The number of H-pyrrole nitrogens is 1. The number of hydrogen-bond acceptors (Lipinski definition) is 8. The van der Waals surface area contributed by atoms with Crippen molar-refractivity contribution in [3.05, 3.63) is 40.0 Å². The SMILES string of the molecule is Cc1cc(C(=O)C(C)Nc2ncc(Br)c(Nc3cc(C)[nH]n3)n2)on1. The standard InChI is InChI=1S/C15H16BrN7O2/c1-7-5-12(22-21-7)19-14-10(16)6-17-15(20-14)18-9(3)13(24)11-4-8(2)23-25-11/h4-6,9H,1-3H3,(H3,17,18,19,20,21,22). The van der Waals surface area contributed by atoms with E-state index in [0.29, 0.717) is 27.8 Å². The van der Waals surface area contributed by atoms with Crippen LogP contribution in [0.2, 0.25) is 0 Å². The van der Waals surface area contributed by atoms with Gasteiger partial charge in [-0.15, -0.1) is 0 Å². The Bertz CT molecular complexity index is 905. The summed E-state index contributed by atoms with van der Waals surface area (Å²) in [6, 6.07) is 2.87. The molecule has 1 unspecified atom stereocenters. The number of carbonyl (C=O) groups excluding carboxylic acids is 1. The largest absolute Gasteiger partial charge is 0.353 e. The van der Waals surface area contributed by atoms with Gasteiger partial charge in [-0.05, 0) is 36.7 Å². The molecule has 0 radical (unpaired) electrons. The molecule has 3 N–H and O–H groups in total. The van der Waals surface area contributed by atoms with E-state index in [1.807, 2.05) is 13.0 Å². The van der Waals surface area contributed by atoms with Gasteiger partial charge in [-0.1, -0.05) is 5.16 Å². The molecule has 3 heterocycles. The zero-order valence-electron chi connectivity index (χ0n) is 13.8. The van der Waals surface area contributed by atoms with E-state index in [1.54, 1.807) is 26.1 Å². The van der Waals surface area contributed by atoms with Crippen molar-refractivity contribution in [3.8, 4) is 0 Å². The molecular weight excluding hydrogens is 390 g/mol. The van der Waals surface area contributed by atoms with Gasteiger partial charge < -0.3 is 15.2 Å². The monoisotopic (exact) mass is 405 g/mol. The number of ketones is 1. The molecule has 10 heteroatoms. The third-order valence-corrected chi connectivity index (χ3v) is 3.89. The highest BCUT2D eigenvalue weighted by atomic mass is 79.9. The fraction of sp³-hybridized carbons (Fsp3) is 0.267. The van der Waals surface area contributed by atoms with Crippen LogP contribution < -0.4 is 10.6 Å². The van der Waals surface area contributed by atoms with Gasteiger partial charge in [0.15, 0.2) is 11.6 Å². The second-order valence-corrected chi connectivity index (χ2v) is 6.37. The van der Waals surface area contributed by atoms with Crippen LogP contribution >= 0.6 is 15.9 Å². The Morgan fingerprint density at radius 2 is 2.16 bits per heavy atom. The molecular formula is C15H16BrN7O2. The Labute approximate surface area is 151 Å². The zero-order valence-corrected chi connectivity index (χ0v) is 15.4. The topological polar surface area (TPSA) is 122 Å². The molecule has 0 aliphatic heterocycles. The molecule has 0 aliphatic carbocycles. The number of rotatable bonds is 6. The van der Waals surface area contributed by atoms with Crippen LogP contribution in [0.25, 0.3) is 0 Å². The number of nitrogens with zero attached hydrogens (tertiary/aromatic N) is 4. The maximum Gasteiger partial charge on any atom is 0.225 e. The summed E-state index contributed by atoms with van der Waals surface area (Å²) in [5.41, 5.74) is 1.57. The summed E-state index contributed by atoms with van der Waals surface area (Å²) in [5, 5.41) is 16.7. The first kappa shape index (κ1) is 17.1. The van der Waals surface area contributed by atoms with Crippen LogP contribution in [0, 0.1) is 13.8 Å². The van der Waals surface area contributed by atoms with Crippen LogP contribution in [0.4, 0.5) is 17.6 Å². The predicted octanol–water partition coefficient (Wildman–Crippen LogP) is 2.99. The Balaban J connectivity index is 1.74. The molecule has 3 rings (SSSR count). The van der Waals surface area contributed by atoms with Crippen LogP contribution in [-0.2, 0) is 0 Å². The molecule has 1 atom stereocenters. The van der Waals surface area contributed by atoms with Gasteiger partial charge in [-0.25, -0.2) is 4.98 Å². The van der Waals surface area contributed by atoms with Crippen molar-refractivity contribution in [3.63, 3.8) is 0 Å². The Kier molecular flexibility index (Phi) is 4.79. The maximum atomic E-state index is 12.3. The molecule has 9 nitrogen and oxygen atoms in total. The lowest BCUT2D eigenvalue weighted by Gasteiger charge is -2.12. The number of aromatic nitrogens is 5. The van der Waals surface area contributed by atoms with Gasteiger partial charge in [0.05, 0.1) is 16.2 Å². The molecule has 3 aromatic rings. The molecule has 0 aromatic carbocycles. The van der Waals surface area contributed by atoms with Gasteiger partial charge in [0.2, 0.25) is 17.5 Å². The van der Waals surface area contributed by atoms with E-state index in [-0.39, 0.29) is 11.5 Å². The second-order valence-electron chi connectivity index (χ2n) is 5.51. The quantitative estimate of drug-likeness (QED) is 0.534. The van der Waals surface area contributed by atoms with Crippen molar-refractivity contribution >= 4 is 39.3 Å². The number of Topliss-reactive ketones (excluding diaryl/α,β-unsaturated/α-hetero) is 1. The molecule has 0 saturated carbocycles. The predicted molar refractivity (Wildman–Crippen MR) is 95.0 cm³/mol. The van der Waals surface area contributed by atoms with E-state index < -0.39 is 6.04 Å². The van der Waals surface area contributed by atoms with Crippen molar-refractivity contribution in [1.82, 2.24) is 25.3 Å². The lowest BCUT2D eigenvalue weighted by molar-refractivity contribution is 0.0939. The normalized spacial score (nSPS) is 12.0. The number of hydrogen-bond donors (Lipinski definition) is 3. The van der Waals surface area contributed by atoms with Crippen LogP contribution in [-0.4, -0.2) is 37.1 Å². The van der Waals surface area contributed by atoms with E-state index in [2.05, 4.69) is 51.9 Å². The molecule has 0 bridgehead atoms. The fourth-order valence-corrected chi connectivity index (χ4v) is 2.37. The van der Waals surface area contributed by atoms with Gasteiger partial charge in [-0.2, -0.15) is 10.1 Å². The Hall–Kier alpha value is -2.75. The minimum Gasteiger partial charge on any atom is -0.353 e. The Morgan fingerprint density at radius 1 is 1.36 bits per heavy atom. The zero-order chi connectivity index (χ0) is 18.0. The first-order valence-electron chi connectivity index (χ1n) is 7.48. The van der Waals surface area contributed by atoms with Crippen LogP contribution in [0.1, 0.15) is 28.9 Å². The number of anilines is 3. The first-order chi connectivity index (χ1) is 11.9. The number of aromatic amines is 1.